The number of hydrogen-bond acceptors (Lipinski definition) is 3. The molecule has 0 saturated heterocycles. The van der Waals surface area contributed by atoms with Crippen molar-refractivity contribution in [2.45, 2.75) is 12.8 Å². The van der Waals surface area contributed by atoms with Crippen LogP contribution >= 0.6 is 0 Å². The van der Waals surface area contributed by atoms with Crippen LogP contribution in [0, 0.1) is 28.8 Å². The van der Waals surface area contributed by atoms with E-state index in [0.717, 1.165) is 18.2 Å². The molecule has 0 aliphatic heterocycles. The Morgan fingerprint density at radius 1 is 1.04 bits per heavy atom. The van der Waals surface area contributed by atoms with Gasteiger partial charge in [-0.1, -0.05) is 0 Å². The highest BCUT2D eigenvalue weighted by atomic mass is 19.1. The minimum atomic E-state index is -0.776. The van der Waals surface area contributed by atoms with Gasteiger partial charge in [-0.3, -0.25) is 4.79 Å². The molecule has 0 saturated carbocycles. The van der Waals surface area contributed by atoms with Gasteiger partial charge in [0.2, 0.25) is 0 Å². The normalized spacial score (nSPS) is 15.4. The molecule has 0 spiro atoms. The van der Waals surface area contributed by atoms with E-state index in [2.05, 4.69) is 4.98 Å². The van der Waals surface area contributed by atoms with E-state index in [1.807, 2.05) is 0 Å². The number of ketones is 1. The Kier molecular flexibility index (Phi) is 3.70. The average Bonchev–Trinajstić information content (AvgIpc) is 2.54. The van der Waals surface area contributed by atoms with E-state index in [1.165, 1.54) is 12.1 Å². The minimum Gasteiger partial charge on any atom is -0.289 e. The molecule has 2 aromatic rings. The predicted molar refractivity (Wildman–Crippen MR) is 75.9 cm³/mol. The lowest BCUT2D eigenvalue weighted by Crippen LogP contribution is -2.17. The van der Waals surface area contributed by atoms with Crippen LogP contribution < -0.4 is 0 Å². The van der Waals surface area contributed by atoms with E-state index >= 15 is 0 Å². The van der Waals surface area contributed by atoms with E-state index in [-0.39, 0.29) is 40.9 Å². The molecule has 114 valence electrons. The molecule has 1 aliphatic carbocycles. The van der Waals surface area contributed by atoms with Crippen molar-refractivity contribution in [3.63, 3.8) is 0 Å². The van der Waals surface area contributed by atoms with Gasteiger partial charge < -0.3 is 0 Å². The van der Waals surface area contributed by atoms with Crippen molar-refractivity contribution in [2.75, 3.05) is 0 Å². The van der Waals surface area contributed by atoms with Gasteiger partial charge in [-0.2, -0.15) is 5.26 Å². The molecule has 0 bridgehead atoms. The summed E-state index contributed by atoms with van der Waals surface area (Å²) in [5.74, 6) is -2.77. The number of carbonyl (C=O) groups excluding carboxylic acids is 1. The van der Waals surface area contributed by atoms with Crippen LogP contribution in [-0.4, -0.2) is 10.8 Å². The van der Waals surface area contributed by atoms with Gasteiger partial charge in [0.25, 0.3) is 0 Å². The van der Waals surface area contributed by atoms with E-state index in [0.29, 0.717) is 0 Å². The second-order valence-corrected chi connectivity index (χ2v) is 5.06. The smallest absolute Gasteiger partial charge is 0.192 e. The number of aromatic nitrogens is 1. The summed E-state index contributed by atoms with van der Waals surface area (Å²) in [5.41, 5.74) is -0.140. The first-order valence-electron chi connectivity index (χ1n) is 6.80. The van der Waals surface area contributed by atoms with Crippen LogP contribution in [0.25, 0.3) is 6.08 Å². The summed E-state index contributed by atoms with van der Waals surface area (Å²) in [6, 6.07) is 5.90. The Bertz CT molecular complexity index is 897. The molecule has 6 heteroatoms. The van der Waals surface area contributed by atoms with Crippen LogP contribution in [0.2, 0.25) is 0 Å². The van der Waals surface area contributed by atoms with Crippen molar-refractivity contribution in [1.29, 1.82) is 5.26 Å². The zero-order valence-electron chi connectivity index (χ0n) is 11.7. The quantitative estimate of drug-likeness (QED) is 0.756. The third-order valence-electron chi connectivity index (χ3n) is 3.66. The molecular formula is C17H9F3N2O. The monoisotopic (exact) mass is 314 g/mol. The van der Waals surface area contributed by atoms with Gasteiger partial charge in [0.15, 0.2) is 17.3 Å². The third-order valence-corrected chi connectivity index (χ3v) is 3.66. The number of halogens is 3. The lowest BCUT2D eigenvalue weighted by atomic mass is 9.85. The average molecular weight is 314 g/mol. The molecule has 23 heavy (non-hydrogen) atoms. The first-order chi connectivity index (χ1) is 11.0. The van der Waals surface area contributed by atoms with Crippen LogP contribution in [0.1, 0.15) is 33.7 Å². The van der Waals surface area contributed by atoms with Gasteiger partial charge in [0.05, 0.1) is 11.3 Å². The highest BCUT2D eigenvalue weighted by molar-refractivity contribution is 6.13. The number of carbonyl (C=O) groups is 1. The standard InChI is InChI=1S/C17H9F3N2O/c18-12-5-6-14(20)16-11(12)3-1-9(17(16)23)7-10-2-4-13(19)15(8-21)22-10/h2,4-7H,1,3H2. The fourth-order valence-electron chi connectivity index (χ4n) is 2.55. The first-order valence-corrected chi connectivity index (χ1v) is 6.80. The number of Topliss-reactive ketones (excluding diaryl/α,β-unsaturated/α-hetero) is 1. The maximum absolute atomic E-state index is 13.9. The van der Waals surface area contributed by atoms with Crippen LogP contribution in [0.3, 0.4) is 0 Å². The predicted octanol–water partition coefficient (Wildman–Crippen LogP) is 3.58. The summed E-state index contributed by atoms with van der Waals surface area (Å²) < 4.78 is 40.8. The molecule has 0 N–H and O–H groups in total. The Labute approximate surface area is 129 Å². The fourth-order valence-corrected chi connectivity index (χ4v) is 2.55. The van der Waals surface area contributed by atoms with Gasteiger partial charge in [-0.25, -0.2) is 18.2 Å². The van der Waals surface area contributed by atoms with Crippen molar-refractivity contribution in [1.82, 2.24) is 4.98 Å². The number of allylic oxidation sites excluding steroid dienone is 1. The van der Waals surface area contributed by atoms with Crippen molar-refractivity contribution >= 4 is 11.9 Å². The summed E-state index contributed by atoms with van der Waals surface area (Å²) >= 11 is 0. The highest BCUT2D eigenvalue weighted by Crippen LogP contribution is 2.30. The Morgan fingerprint density at radius 3 is 2.48 bits per heavy atom. The first kappa shape index (κ1) is 15.0. The van der Waals surface area contributed by atoms with Gasteiger partial charge in [0.1, 0.15) is 17.7 Å². The molecule has 3 rings (SSSR count). The van der Waals surface area contributed by atoms with Crippen LogP contribution in [0.5, 0.6) is 0 Å². The van der Waals surface area contributed by atoms with Gasteiger partial charge >= 0.3 is 0 Å². The molecule has 0 fully saturated rings. The molecule has 0 radical (unpaired) electrons. The van der Waals surface area contributed by atoms with E-state index < -0.39 is 23.2 Å². The molecule has 1 aromatic heterocycles. The maximum atomic E-state index is 13.9. The summed E-state index contributed by atoms with van der Waals surface area (Å²) in [4.78, 5) is 16.2. The summed E-state index contributed by atoms with van der Waals surface area (Å²) in [6.07, 6.45) is 1.77. The number of hydrogen-bond donors (Lipinski definition) is 0. The summed E-state index contributed by atoms with van der Waals surface area (Å²) in [6.45, 7) is 0. The van der Waals surface area contributed by atoms with Crippen molar-refractivity contribution < 1.29 is 18.0 Å². The van der Waals surface area contributed by atoms with E-state index in [4.69, 9.17) is 5.26 Å². The molecule has 1 heterocycles. The van der Waals surface area contributed by atoms with E-state index in [9.17, 15) is 18.0 Å². The second kappa shape index (κ2) is 5.69. The lowest BCUT2D eigenvalue weighted by molar-refractivity contribution is 0.102. The van der Waals surface area contributed by atoms with Crippen molar-refractivity contribution in [3.05, 3.63) is 69.8 Å². The number of pyridine rings is 1. The number of nitrogens with zero attached hydrogens (tertiary/aromatic N) is 2. The molecule has 1 aromatic carbocycles. The molecule has 0 atom stereocenters. The zero-order chi connectivity index (χ0) is 16.6. The van der Waals surface area contributed by atoms with Crippen LogP contribution in [0.15, 0.2) is 29.8 Å². The topological polar surface area (TPSA) is 53.8 Å². The number of rotatable bonds is 1. The van der Waals surface area contributed by atoms with Gasteiger partial charge in [0, 0.05) is 11.1 Å². The number of fused-ring (bicyclic) bond motifs is 1. The molecular weight excluding hydrogens is 305 g/mol. The molecule has 0 amide bonds. The second-order valence-electron chi connectivity index (χ2n) is 5.06. The fraction of sp³-hybridized carbons (Fsp3) is 0.118. The Hall–Kier alpha value is -2.94. The van der Waals surface area contributed by atoms with Crippen molar-refractivity contribution in [2.24, 2.45) is 0 Å². The van der Waals surface area contributed by atoms with Crippen LogP contribution in [0.4, 0.5) is 13.2 Å². The van der Waals surface area contributed by atoms with Gasteiger partial charge in [-0.05, 0) is 43.2 Å². The SMILES string of the molecule is N#Cc1nc(C=C2CCc3c(F)ccc(F)c3C2=O)ccc1F. The third kappa shape index (κ3) is 2.61. The summed E-state index contributed by atoms with van der Waals surface area (Å²) in [5, 5.41) is 8.77. The lowest BCUT2D eigenvalue weighted by Gasteiger charge is -2.18. The van der Waals surface area contributed by atoms with E-state index in [1.54, 1.807) is 6.07 Å². The zero-order valence-corrected chi connectivity index (χ0v) is 11.7. The molecule has 3 nitrogen and oxygen atoms in total. The highest BCUT2D eigenvalue weighted by Gasteiger charge is 2.27. The van der Waals surface area contributed by atoms with Gasteiger partial charge in [-0.15, -0.1) is 0 Å². The largest absolute Gasteiger partial charge is 0.289 e. The number of nitriles is 1. The van der Waals surface area contributed by atoms with Crippen LogP contribution in [-0.2, 0) is 6.42 Å². The number of benzene rings is 1. The maximum Gasteiger partial charge on any atom is 0.192 e. The van der Waals surface area contributed by atoms with Crippen molar-refractivity contribution in [3.8, 4) is 6.07 Å². The minimum absolute atomic E-state index is 0.0666. The molecule has 1 aliphatic rings. The Balaban J connectivity index is 2.05. The molecule has 0 unspecified atom stereocenters. The Morgan fingerprint density at radius 2 is 1.74 bits per heavy atom. The summed E-state index contributed by atoms with van der Waals surface area (Å²) in [7, 11) is 0.